The molecule has 1 saturated heterocycles. The lowest BCUT2D eigenvalue weighted by molar-refractivity contribution is 0.276. The van der Waals surface area contributed by atoms with Crippen LogP contribution in [0.4, 0.5) is 0 Å². The normalized spacial score (nSPS) is 18.6. The van der Waals surface area contributed by atoms with Gasteiger partial charge in [0.2, 0.25) is 0 Å². The van der Waals surface area contributed by atoms with Gasteiger partial charge in [0.15, 0.2) is 0 Å². The Labute approximate surface area is 97.8 Å². The molecular weight excluding hydrogens is 200 g/mol. The Morgan fingerprint density at radius 1 is 1.25 bits per heavy atom. The first kappa shape index (κ1) is 11.7. The predicted octanol–water partition coefficient (Wildman–Crippen LogP) is 2.38. The zero-order chi connectivity index (χ0) is 11.2. The summed E-state index contributed by atoms with van der Waals surface area (Å²) >= 11 is 0. The molecule has 90 valence electrons. The number of hydrogen-bond donors (Lipinski definition) is 1. The Kier molecular flexibility index (Phi) is 4.43. The molecule has 1 fully saturated rings. The molecular formula is C13H22N2O. The van der Waals surface area contributed by atoms with Gasteiger partial charge in [0.05, 0.1) is 12.8 Å². The number of nitrogens with one attached hydrogen (secondary N) is 1. The minimum atomic E-state index is 0.819. The van der Waals surface area contributed by atoms with Gasteiger partial charge in [-0.1, -0.05) is 12.8 Å². The van der Waals surface area contributed by atoms with Crippen LogP contribution in [-0.4, -0.2) is 25.0 Å². The van der Waals surface area contributed by atoms with E-state index in [1.807, 2.05) is 13.3 Å². The van der Waals surface area contributed by atoms with Crippen LogP contribution in [0.1, 0.15) is 37.0 Å². The molecule has 0 saturated carbocycles. The van der Waals surface area contributed by atoms with Gasteiger partial charge in [0.1, 0.15) is 5.76 Å². The quantitative estimate of drug-likeness (QED) is 0.848. The van der Waals surface area contributed by atoms with E-state index < -0.39 is 0 Å². The maximum Gasteiger partial charge on any atom is 0.117 e. The van der Waals surface area contributed by atoms with Crippen LogP contribution in [0.2, 0.25) is 0 Å². The van der Waals surface area contributed by atoms with Gasteiger partial charge < -0.3 is 9.73 Å². The van der Waals surface area contributed by atoms with Crippen LogP contribution in [0.5, 0.6) is 0 Å². The minimum Gasteiger partial charge on any atom is -0.468 e. The van der Waals surface area contributed by atoms with Gasteiger partial charge in [-0.3, -0.25) is 4.90 Å². The Bertz CT molecular complexity index is 301. The SMILES string of the molecule is CNCc1cc(CN2CCCCCC2)co1. The second-order valence-electron chi connectivity index (χ2n) is 4.64. The fourth-order valence-corrected chi connectivity index (χ4v) is 2.33. The highest BCUT2D eigenvalue weighted by molar-refractivity contribution is 5.12. The first-order chi connectivity index (χ1) is 7.88. The number of likely N-dealkylation sites (tertiary alicyclic amines) is 1. The van der Waals surface area contributed by atoms with Crippen molar-refractivity contribution in [2.45, 2.75) is 38.8 Å². The molecule has 2 rings (SSSR count). The molecule has 0 spiro atoms. The Morgan fingerprint density at radius 3 is 2.69 bits per heavy atom. The van der Waals surface area contributed by atoms with E-state index in [0.717, 1.165) is 18.8 Å². The summed E-state index contributed by atoms with van der Waals surface area (Å²) in [6.45, 7) is 4.35. The smallest absolute Gasteiger partial charge is 0.117 e. The van der Waals surface area contributed by atoms with E-state index in [4.69, 9.17) is 4.42 Å². The molecule has 16 heavy (non-hydrogen) atoms. The van der Waals surface area contributed by atoms with Gasteiger partial charge >= 0.3 is 0 Å². The van der Waals surface area contributed by atoms with Crippen LogP contribution < -0.4 is 5.32 Å². The maximum absolute atomic E-state index is 5.49. The van der Waals surface area contributed by atoms with Crippen LogP contribution in [0, 0.1) is 0 Å². The molecule has 0 aliphatic carbocycles. The lowest BCUT2D eigenvalue weighted by Gasteiger charge is -2.18. The third-order valence-electron chi connectivity index (χ3n) is 3.16. The fourth-order valence-electron chi connectivity index (χ4n) is 2.33. The number of rotatable bonds is 4. The van der Waals surface area contributed by atoms with Crippen LogP contribution >= 0.6 is 0 Å². The Hall–Kier alpha value is -0.800. The van der Waals surface area contributed by atoms with Crippen LogP contribution in [0.25, 0.3) is 0 Å². The van der Waals surface area contributed by atoms with Crippen LogP contribution in [0.15, 0.2) is 16.7 Å². The molecule has 0 bridgehead atoms. The topological polar surface area (TPSA) is 28.4 Å². The summed E-state index contributed by atoms with van der Waals surface area (Å²) in [4.78, 5) is 2.54. The van der Waals surface area contributed by atoms with E-state index in [1.54, 1.807) is 0 Å². The van der Waals surface area contributed by atoms with Crippen molar-refractivity contribution in [2.75, 3.05) is 20.1 Å². The van der Waals surface area contributed by atoms with Crippen molar-refractivity contribution in [1.29, 1.82) is 0 Å². The van der Waals surface area contributed by atoms with Crippen molar-refractivity contribution < 1.29 is 4.42 Å². The molecule has 2 heterocycles. The molecule has 1 aliphatic heterocycles. The molecule has 1 aromatic rings. The number of furan rings is 1. The molecule has 3 heteroatoms. The molecule has 0 aromatic carbocycles. The summed E-state index contributed by atoms with van der Waals surface area (Å²) in [5.74, 6) is 1.03. The lowest BCUT2D eigenvalue weighted by atomic mass is 10.2. The summed E-state index contributed by atoms with van der Waals surface area (Å²) in [6.07, 6.45) is 7.39. The van der Waals surface area contributed by atoms with Gasteiger partial charge in [0, 0.05) is 12.1 Å². The molecule has 1 aromatic heterocycles. The van der Waals surface area contributed by atoms with E-state index in [9.17, 15) is 0 Å². The zero-order valence-corrected chi connectivity index (χ0v) is 10.2. The van der Waals surface area contributed by atoms with Gasteiger partial charge in [-0.25, -0.2) is 0 Å². The highest BCUT2D eigenvalue weighted by atomic mass is 16.3. The van der Waals surface area contributed by atoms with Crippen LogP contribution in [0.3, 0.4) is 0 Å². The summed E-state index contributed by atoms with van der Waals surface area (Å²) < 4.78 is 5.49. The Balaban J connectivity index is 1.86. The van der Waals surface area contributed by atoms with Crippen molar-refractivity contribution in [3.8, 4) is 0 Å². The summed E-state index contributed by atoms with van der Waals surface area (Å²) in [6, 6.07) is 2.17. The third kappa shape index (κ3) is 3.35. The maximum atomic E-state index is 5.49. The van der Waals surface area contributed by atoms with Gasteiger partial charge in [-0.05, 0) is 39.0 Å². The largest absolute Gasteiger partial charge is 0.468 e. The molecule has 0 atom stereocenters. The molecule has 1 N–H and O–H groups in total. The van der Waals surface area contributed by atoms with E-state index in [0.29, 0.717) is 0 Å². The highest BCUT2D eigenvalue weighted by Gasteiger charge is 2.10. The van der Waals surface area contributed by atoms with Gasteiger partial charge in [-0.2, -0.15) is 0 Å². The summed E-state index contributed by atoms with van der Waals surface area (Å²) in [5.41, 5.74) is 1.31. The Morgan fingerprint density at radius 2 is 2.00 bits per heavy atom. The monoisotopic (exact) mass is 222 g/mol. The third-order valence-corrected chi connectivity index (χ3v) is 3.16. The van der Waals surface area contributed by atoms with E-state index in [-0.39, 0.29) is 0 Å². The zero-order valence-electron chi connectivity index (χ0n) is 10.2. The van der Waals surface area contributed by atoms with Crippen molar-refractivity contribution in [3.05, 3.63) is 23.7 Å². The second-order valence-corrected chi connectivity index (χ2v) is 4.64. The van der Waals surface area contributed by atoms with E-state index in [1.165, 1.54) is 44.3 Å². The average molecular weight is 222 g/mol. The van der Waals surface area contributed by atoms with E-state index in [2.05, 4.69) is 16.3 Å². The summed E-state index contributed by atoms with van der Waals surface area (Å²) in [5, 5.41) is 3.10. The predicted molar refractivity (Wildman–Crippen MR) is 65.2 cm³/mol. The summed E-state index contributed by atoms with van der Waals surface area (Å²) in [7, 11) is 1.94. The van der Waals surface area contributed by atoms with Crippen LogP contribution in [-0.2, 0) is 13.1 Å². The highest BCUT2D eigenvalue weighted by Crippen LogP contribution is 2.15. The van der Waals surface area contributed by atoms with Gasteiger partial charge in [0.25, 0.3) is 0 Å². The molecule has 0 radical (unpaired) electrons. The van der Waals surface area contributed by atoms with Gasteiger partial charge in [-0.15, -0.1) is 0 Å². The molecule has 3 nitrogen and oxygen atoms in total. The standard InChI is InChI=1S/C13H22N2O/c1-14-9-13-8-12(11-16-13)10-15-6-4-2-3-5-7-15/h8,11,14H,2-7,9-10H2,1H3. The first-order valence-corrected chi connectivity index (χ1v) is 6.32. The second kappa shape index (κ2) is 6.06. The number of hydrogen-bond acceptors (Lipinski definition) is 3. The number of nitrogens with zero attached hydrogens (tertiary/aromatic N) is 1. The average Bonchev–Trinajstić information content (AvgIpc) is 2.56. The van der Waals surface area contributed by atoms with E-state index >= 15 is 0 Å². The van der Waals surface area contributed by atoms with Crippen molar-refractivity contribution in [3.63, 3.8) is 0 Å². The molecule has 0 unspecified atom stereocenters. The lowest BCUT2D eigenvalue weighted by Crippen LogP contribution is -2.23. The van der Waals surface area contributed by atoms with Crippen molar-refractivity contribution in [1.82, 2.24) is 10.2 Å². The van der Waals surface area contributed by atoms with Crippen molar-refractivity contribution in [2.24, 2.45) is 0 Å². The molecule has 1 aliphatic rings. The minimum absolute atomic E-state index is 0.819. The first-order valence-electron chi connectivity index (χ1n) is 6.32. The van der Waals surface area contributed by atoms with Crippen molar-refractivity contribution >= 4 is 0 Å². The molecule has 0 amide bonds. The fraction of sp³-hybridized carbons (Fsp3) is 0.692.